The molecule has 0 unspecified atom stereocenters. The second-order valence-electron chi connectivity index (χ2n) is 6.19. The monoisotopic (exact) mass is 331 g/mol. The minimum Gasteiger partial charge on any atom is -0.395 e. The van der Waals surface area contributed by atoms with Crippen molar-refractivity contribution in [3.05, 3.63) is 42.5 Å². The molecule has 0 aromatic heterocycles. The van der Waals surface area contributed by atoms with Crippen LogP contribution in [0.1, 0.15) is 36.0 Å². The van der Waals surface area contributed by atoms with E-state index in [4.69, 9.17) is 0 Å². The molecule has 3 N–H and O–H groups in total. The Morgan fingerprint density at radius 1 is 1.38 bits per heavy atom. The highest BCUT2D eigenvalue weighted by atomic mass is 16.3. The summed E-state index contributed by atoms with van der Waals surface area (Å²) >= 11 is 0. The predicted octanol–water partition coefficient (Wildman–Crippen LogP) is 2.25. The van der Waals surface area contributed by atoms with Crippen LogP contribution in [0.15, 0.2) is 36.9 Å². The van der Waals surface area contributed by atoms with Crippen LogP contribution in [0.25, 0.3) is 0 Å². The lowest BCUT2D eigenvalue weighted by Crippen LogP contribution is -2.43. The Hall–Kier alpha value is -1.85. The van der Waals surface area contributed by atoms with Crippen molar-refractivity contribution in [2.45, 2.75) is 31.7 Å². The zero-order valence-corrected chi connectivity index (χ0v) is 14.3. The summed E-state index contributed by atoms with van der Waals surface area (Å²) in [7, 11) is 0. The fourth-order valence-electron chi connectivity index (χ4n) is 3.16. The Labute approximate surface area is 144 Å². The molecule has 5 nitrogen and oxygen atoms in total. The van der Waals surface area contributed by atoms with E-state index in [0.29, 0.717) is 24.7 Å². The number of carbonyl (C=O) groups excluding carboxylic acids is 1. The molecule has 1 saturated heterocycles. The lowest BCUT2D eigenvalue weighted by atomic mass is 10.0. The average molecular weight is 331 g/mol. The maximum Gasteiger partial charge on any atom is 0.253 e. The van der Waals surface area contributed by atoms with Gasteiger partial charge in [0.2, 0.25) is 0 Å². The van der Waals surface area contributed by atoms with Crippen LogP contribution in [0.3, 0.4) is 0 Å². The minimum absolute atomic E-state index is 0.0560. The number of anilines is 1. The molecule has 1 aromatic rings. The molecule has 0 radical (unpaired) electrons. The van der Waals surface area contributed by atoms with Gasteiger partial charge in [-0.1, -0.05) is 24.6 Å². The minimum atomic E-state index is -0.0560. The standard InChI is InChI=1S/C19H29N3O2/c1-2-11-20-18-10-4-3-9-17(18)19(24)21-12-7-14-22-13-6-5-8-16(22)15-23/h2-4,9-10,16,20,23H,1,5-8,11-15H2,(H,21,24)/t16-/m1/s1. The summed E-state index contributed by atoms with van der Waals surface area (Å²) < 4.78 is 0. The molecule has 5 heteroatoms. The molecule has 1 amide bonds. The van der Waals surface area contributed by atoms with E-state index in [1.165, 1.54) is 12.8 Å². The second kappa shape index (κ2) is 10.1. The Bertz CT molecular complexity index is 533. The first-order valence-corrected chi connectivity index (χ1v) is 8.83. The van der Waals surface area contributed by atoms with Gasteiger partial charge in [0.15, 0.2) is 0 Å². The van der Waals surface area contributed by atoms with Gasteiger partial charge in [-0.3, -0.25) is 9.69 Å². The summed E-state index contributed by atoms with van der Waals surface area (Å²) in [5.41, 5.74) is 1.48. The SMILES string of the molecule is C=CCNc1ccccc1C(=O)NCCCN1CCCC[C@@H]1CO. The molecule has 1 aliphatic heterocycles. The van der Waals surface area contributed by atoms with Gasteiger partial charge in [0, 0.05) is 31.4 Å². The predicted molar refractivity (Wildman–Crippen MR) is 98.4 cm³/mol. The Kier molecular flexibility index (Phi) is 7.79. The molecule has 2 rings (SSSR count). The molecule has 1 atom stereocenters. The van der Waals surface area contributed by atoms with Gasteiger partial charge in [0.25, 0.3) is 5.91 Å². The van der Waals surface area contributed by atoms with Crippen LogP contribution in [-0.2, 0) is 0 Å². The fourth-order valence-corrected chi connectivity index (χ4v) is 3.16. The molecular formula is C19H29N3O2. The summed E-state index contributed by atoms with van der Waals surface area (Å²) in [5.74, 6) is -0.0560. The number of piperidine rings is 1. The first kappa shape index (κ1) is 18.5. The molecule has 1 aliphatic rings. The number of aliphatic hydroxyl groups is 1. The number of aliphatic hydroxyl groups excluding tert-OH is 1. The van der Waals surface area contributed by atoms with E-state index in [9.17, 15) is 9.90 Å². The number of para-hydroxylation sites is 1. The highest BCUT2D eigenvalue weighted by Crippen LogP contribution is 2.17. The van der Waals surface area contributed by atoms with Crippen molar-refractivity contribution in [1.82, 2.24) is 10.2 Å². The number of nitrogens with zero attached hydrogens (tertiary/aromatic N) is 1. The number of amides is 1. The van der Waals surface area contributed by atoms with Crippen molar-refractivity contribution in [2.75, 3.05) is 38.1 Å². The van der Waals surface area contributed by atoms with Gasteiger partial charge in [0.1, 0.15) is 0 Å². The van der Waals surface area contributed by atoms with Crippen LogP contribution in [-0.4, -0.2) is 54.7 Å². The third kappa shape index (κ3) is 5.35. The van der Waals surface area contributed by atoms with Crippen molar-refractivity contribution in [3.63, 3.8) is 0 Å². The van der Waals surface area contributed by atoms with Crippen LogP contribution >= 0.6 is 0 Å². The highest BCUT2D eigenvalue weighted by molar-refractivity contribution is 5.99. The first-order valence-electron chi connectivity index (χ1n) is 8.83. The van der Waals surface area contributed by atoms with Crippen molar-refractivity contribution in [2.24, 2.45) is 0 Å². The van der Waals surface area contributed by atoms with Crippen LogP contribution in [0, 0.1) is 0 Å². The molecule has 0 saturated carbocycles. The van der Waals surface area contributed by atoms with Crippen LogP contribution in [0.4, 0.5) is 5.69 Å². The van der Waals surface area contributed by atoms with E-state index < -0.39 is 0 Å². The zero-order chi connectivity index (χ0) is 17.2. The number of nitrogens with one attached hydrogen (secondary N) is 2. The fraction of sp³-hybridized carbons (Fsp3) is 0.526. The molecule has 0 spiro atoms. The number of hydrogen-bond donors (Lipinski definition) is 3. The zero-order valence-electron chi connectivity index (χ0n) is 14.3. The van der Waals surface area contributed by atoms with Crippen molar-refractivity contribution in [3.8, 4) is 0 Å². The number of hydrogen-bond acceptors (Lipinski definition) is 4. The van der Waals surface area contributed by atoms with Gasteiger partial charge in [-0.2, -0.15) is 0 Å². The van der Waals surface area contributed by atoms with Crippen LogP contribution < -0.4 is 10.6 Å². The van der Waals surface area contributed by atoms with E-state index in [-0.39, 0.29) is 12.5 Å². The van der Waals surface area contributed by atoms with Gasteiger partial charge in [-0.25, -0.2) is 0 Å². The van der Waals surface area contributed by atoms with E-state index in [0.717, 1.165) is 31.6 Å². The van der Waals surface area contributed by atoms with Gasteiger partial charge < -0.3 is 15.7 Å². The second-order valence-corrected chi connectivity index (χ2v) is 6.19. The summed E-state index contributed by atoms with van der Waals surface area (Å²) in [4.78, 5) is 14.7. The maximum atomic E-state index is 12.4. The molecule has 0 aliphatic carbocycles. The Balaban J connectivity index is 1.78. The molecule has 24 heavy (non-hydrogen) atoms. The van der Waals surface area contributed by atoms with Crippen LogP contribution in [0.2, 0.25) is 0 Å². The van der Waals surface area contributed by atoms with Crippen molar-refractivity contribution in [1.29, 1.82) is 0 Å². The number of likely N-dealkylation sites (tertiary alicyclic amines) is 1. The first-order chi connectivity index (χ1) is 11.8. The Morgan fingerprint density at radius 3 is 3.00 bits per heavy atom. The molecule has 0 bridgehead atoms. The number of benzene rings is 1. The normalized spacial score (nSPS) is 18.1. The largest absolute Gasteiger partial charge is 0.395 e. The lowest BCUT2D eigenvalue weighted by Gasteiger charge is -2.34. The molecule has 1 fully saturated rings. The summed E-state index contributed by atoms with van der Waals surface area (Å²) in [6, 6.07) is 7.80. The average Bonchev–Trinajstić information content (AvgIpc) is 2.63. The van der Waals surface area contributed by atoms with Gasteiger partial charge >= 0.3 is 0 Å². The number of carbonyl (C=O) groups is 1. The summed E-state index contributed by atoms with van der Waals surface area (Å²) in [6.07, 6.45) is 6.14. The van der Waals surface area contributed by atoms with E-state index in [1.54, 1.807) is 6.08 Å². The van der Waals surface area contributed by atoms with Gasteiger partial charge in [-0.05, 0) is 37.9 Å². The quantitative estimate of drug-likeness (QED) is 0.480. The van der Waals surface area contributed by atoms with Crippen molar-refractivity contribution >= 4 is 11.6 Å². The number of rotatable bonds is 9. The highest BCUT2D eigenvalue weighted by Gasteiger charge is 2.20. The topological polar surface area (TPSA) is 64.6 Å². The summed E-state index contributed by atoms with van der Waals surface area (Å²) in [6.45, 7) is 7.15. The smallest absolute Gasteiger partial charge is 0.253 e. The van der Waals surface area contributed by atoms with Crippen LogP contribution in [0.5, 0.6) is 0 Å². The molecular weight excluding hydrogens is 302 g/mol. The third-order valence-electron chi connectivity index (χ3n) is 4.48. The van der Waals surface area contributed by atoms with E-state index in [1.807, 2.05) is 24.3 Å². The van der Waals surface area contributed by atoms with E-state index in [2.05, 4.69) is 22.1 Å². The third-order valence-corrected chi connectivity index (χ3v) is 4.48. The van der Waals surface area contributed by atoms with Crippen molar-refractivity contribution < 1.29 is 9.90 Å². The van der Waals surface area contributed by atoms with Gasteiger partial charge in [0.05, 0.1) is 12.2 Å². The summed E-state index contributed by atoms with van der Waals surface area (Å²) in [5, 5.41) is 15.6. The van der Waals surface area contributed by atoms with E-state index >= 15 is 0 Å². The van der Waals surface area contributed by atoms with Gasteiger partial charge in [-0.15, -0.1) is 6.58 Å². The maximum absolute atomic E-state index is 12.4. The Morgan fingerprint density at radius 2 is 2.21 bits per heavy atom. The molecule has 132 valence electrons. The lowest BCUT2D eigenvalue weighted by molar-refractivity contribution is 0.0868. The molecule has 1 aromatic carbocycles. The molecule has 1 heterocycles.